The van der Waals surface area contributed by atoms with Crippen LogP contribution in [0.5, 0.6) is 0 Å². The number of aryl methyl sites for hydroxylation is 1. The van der Waals surface area contributed by atoms with Gasteiger partial charge in [-0.25, -0.2) is 4.68 Å². The van der Waals surface area contributed by atoms with E-state index in [2.05, 4.69) is 27.1 Å². The van der Waals surface area contributed by atoms with E-state index in [0.29, 0.717) is 17.7 Å². The van der Waals surface area contributed by atoms with Crippen molar-refractivity contribution in [2.45, 2.75) is 13.3 Å². The van der Waals surface area contributed by atoms with Gasteiger partial charge in [-0.3, -0.25) is 4.79 Å². The van der Waals surface area contributed by atoms with Crippen LogP contribution in [0.3, 0.4) is 0 Å². The highest BCUT2D eigenvalue weighted by Crippen LogP contribution is 2.26. The van der Waals surface area contributed by atoms with Crippen LogP contribution in [-0.2, 0) is 4.74 Å². The number of hydrogen-bond acceptors (Lipinski definition) is 5. The van der Waals surface area contributed by atoms with Crippen LogP contribution >= 0.6 is 0 Å². The standard InChI is InChI=1S/C23H23N5O2/c1-16-6-8-17(9-7-16)28-15-20(25-26-28)18-4-2-5-19-21(29)14-22(24-23(18)19)27-10-3-12-30-13-11-27/h2,4-9,14-15H,3,10-13H2,1H3,(H,24,29). The van der Waals surface area contributed by atoms with Gasteiger partial charge in [0, 0.05) is 36.7 Å². The second-order valence-electron chi connectivity index (χ2n) is 7.58. The van der Waals surface area contributed by atoms with Gasteiger partial charge in [-0.1, -0.05) is 35.0 Å². The summed E-state index contributed by atoms with van der Waals surface area (Å²) in [6, 6.07) is 15.5. The first-order valence-electron chi connectivity index (χ1n) is 10.2. The normalized spacial score (nSPS) is 14.8. The van der Waals surface area contributed by atoms with Crippen molar-refractivity contribution in [3.63, 3.8) is 0 Å². The number of aromatic nitrogens is 4. The Morgan fingerprint density at radius 2 is 1.93 bits per heavy atom. The molecule has 30 heavy (non-hydrogen) atoms. The Morgan fingerprint density at radius 1 is 1.07 bits per heavy atom. The summed E-state index contributed by atoms with van der Waals surface area (Å²) in [5.41, 5.74) is 4.48. The zero-order valence-electron chi connectivity index (χ0n) is 16.8. The quantitative estimate of drug-likeness (QED) is 0.570. The predicted molar refractivity (Wildman–Crippen MR) is 117 cm³/mol. The molecular formula is C23H23N5O2. The predicted octanol–water partition coefficient (Wildman–Crippen LogP) is 3.31. The van der Waals surface area contributed by atoms with E-state index in [1.165, 1.54) is 5.56 Å². The van der Waals surface area contributed by atoms with E-state index in [0.717, 1.165) is 48.7 Å². The van der Waals surface area contributed by atoms with Gasteiger partial charge in [-0.2, -0.15) is 0 Å². The molecule has 152 valence electrons. The number of rotatable bonds is 3. The lowest BCUT2D eigenvalue weighted by Crippen LogP contribution is -2.28. The molecule has 3 heterocycles. The maximum absolute atomic E-state index is 12.9. The number of benzene rings is 2. The Labute approximate surface area is 173 Å². The van der Waals surface area contributed by atoms with Crippen LogP contribution in [0.1, 0.15) is 12.0 Å². The number of nitrogens with zero attached hydrogens (tertiary/aromatic N) is 4. The molecule has 1 aliphatic heterocycles. The molecule has 0 radical (unpaired) electrons. The monoisotopic (exact) mass is 401 g/mol. The lowest BCUT2D eigenvalue weighted by Gasteiger charge is -2.22. The van der Waals surface area contributed by atoms with Crippen molar-refractivity contribution in [2.24, 2.45) is 0 Å². The van der Waals surface area contributed by atoms with Gasteiger partial charge >= 0.3 is 0 Å². The summed E-state index contributed by atoms with van der Waals surface area (Å²) >= 11 is 0. The van der Waals surface area contributed by atoms with Crippen LogP contribution in [0.4, 0.5) is 5.82 Å². The van der Waals surface area contributed by atoms with E-state index >= 15 is 0 Å². The SMILES string of the molecule is Cc1ccc(-n2cc(-c3cccc4c(=O)cc(N5CCCOCC5)[nH]c34)nn2)cc1. The Hall–Kier alpha value is -3.45. The van der Waals surface area contributed by atoms with Crippen molar-refractivity contribution in [3.05, 3.63) is 70.5 Å². The van der Waals surface area contributed by atoms with Gasteiger partial charge in [0.15, 0.2) is 5.43 Å². The minimum absolute atomic E-state index is 0.00306. The second kappa shape index (κ2) is 7.76. The minimum Gasteiger partial charge on any atom is -0.380 e. The van der Waals surface area contributed by atoms with Crippen LogP contribution in [0.2, 0.25) is 0 Å². The summed E-state index contributed by atoms with van der Waals surface area (Å²) in [4.78, 5) is 18.5. The third-order valence-corrected chi connectivity index (χ3v) is 5.48. The van der Waals surface area contributed by atoms with Gasteiger partial charge in [0.05, 0.1) is 24.0 Å². The van der Waals surface area contributed by atoms with Crippen molar-refractivity contribution in [1.82, 2.24) is 20.0 Å². The molecule has 1 fully saturated rings. The molecular weight excluding hydrogens is 378 g/mol. The summed E-state index contributed by atoms with van der Waals surface area (Å²) in [5, 5.41) is 9.32. The molecule has 7 nitrogen and oxygen atoms in total. The molecule has 0 bridgehead atoms. The average molecular weight is 401 g/mol. The smallest absolute Gasteiger partial charge is 0.191 e. The molecule has 0 unspecified atom stereocenters. The van der Waals surface area contributed by atoms with Crippen LogP contribution in [0.15, 0.2) is 59.5 Å². The highest BCUT2D eigenvalue weighted by Gasteiger charge is 2.16. The number of nitrogens with one attached hydrogen (secondary N) is 1. The van der Waals surface area contributed by atoms with Gasteiger partial charge in [0.1, 0.15) is 11.5 Å². The Kier molecular flexibility index (Phi) is 4.80. The van der Waals surface area contributed by atoms with E-state index in [9.17, 15) is 4.79 Å². The number of aromatic amines is 1. The number of pyridine rings is 1. The van der Waals surface area contributed by atoms with Gasteiger partial charge in [-0.15, -0.1) is 5.10 Å². The highest BCUT2D eigenvalue weighted by molar-refractivity contribution is 5.93. The fourth-order valence-corrected chi connectivity index (χ4v) is 3.84. The largest absolute Gasteiger partial charge is 0.380 e. The fourth-order valence-electron chi connectivity index (χ4n) is 3.84. The zero-order chi connectivity index (χ0) is 20.5. The van der Waals surface area contributed by atoms with E-state index in [4.69, 9.17) is 4.74 Å². The van der Waals surface area contributed by atoms with Crippen LogP contribution in [0.25, 0.3) is 27.8 Å². The molecule has 0 atom stereocenters. The van der Waals surface area contributed by atoms with Gasteiger partial charge in [0.2, 0.25) is 0 Å². The van der Waals surface area contributed by atoms with Crippen molar-refractivity contribution in [3.8, 4) is 16.9 Å². The third kappa shape index (κ3) is 3.48. The number of anilines is 1. The molecule has 7 heteroatoms. The summed E-state index contributed by atoms with van der Waals surface area (Å²) < 4.78 is 7.31. The van der Waals surface area contributed by atoms with Gasteiger partial charge < -0.3 is 14.6 Å². The summed E-state index contributed by atoms with van der Waals surface area (Å²) in [7, 11) is 0. The topological polar surface area (TPSA) is 76.0 Å². The molecule has 2 aromatic carbocycles. The summed E-state index contributed by atoms with van der Waals surface area (Å²) in [6.07, 6.45) is 2.83. The first-order valence-corrected chi connectivity index (χ1v) is 10.2. The number of fused-ring (bicyclic) bond motifs is 1. The Bertz CT molecular complexity index is 1230. The average Bonchev–Trinajstić information content (AvgIpc) is 3.08. The second-order valence-corrected chi connectivity index (χ2v) is 7.58. The number of para-hydroxylation sites is 1. The van der Waals surface area contributed by atoms with Crippen LogP contribution in [0, 0.1) is 6.92 Å². The third-order valence-electron chi connectivity index (χ3n) is 5.48. The number of H-pyrrole nitrogens is 1. The van der Waals surface area contributed by atoms with Crippen molar-refractivity contribution in [1.29, 1.82) is 0 Å². The number of ether oxygens (including phenoxy) is 1. The molecule has 5 rings (SSSR count). The molecule has 4 aromatic rings. The van der Waals surface area contributed by atoms with Gasteiger partial charge in [-0.05, 0) is 31.5 Å². The maximum atomic E-state index is 12.9. The van der Waals surface area contributed by atoms with Crippen LogP contribution < -0.4 is 10.3 Å². The van der Waals surface area contributed by atoms with Crippen molar-refractivity contribution >= 4 is 16.7 Å². The van der Waals surface area contributed by atoms with E-state index in [1.807, 2.05) is 48.7 Å². The molecule has 1 N–H and O–H groups in total. The fraction of sp³-hybridized carbons (Fsp3) is 0.261. The molecule has 1 saturated heterocycles. The molecule has 1 aliphatic rings. The van der Waals surface area contributed by atoms with E-state index < -0.39 is 0 Å². The minimum atomic E-state index is -0.00306. The number of hydrogen-bond donors (Lipinski definition) is 1. The van der Waals surface area contributed by atoms with Crippen molar-refractivity contribution in [2.75, 3.05) is 31.2 Å². The molecule has 0 aliphatic carbocycles. The van der Waals surface area contributed by atoms with E-state index in [-0.39, 0.29) is 5.43 Å². The lowest BCUT2D eigenvalue weighted by atomic mass is 10.1. The first-order chi connectivity index (χ1) is 14.7. The molecule has 0 amide bonds. The molecule has 2 aromatic heterocycles. The summed E-state index contributed by atoms with van der Waals surface area (Å²) in [6.45, 7) is 5.08. The Morgan fingerprint density at radius 3 is 2.80 bits per heavy atom. The first kappa shape index (κ1) is 18.6. The zero-order valence-corrected chi connectivity index (χ0v) is 16.8. The van der Waals surface area contributed by atoms with Crippen molar-refractivity contribution < 1.29 is 4.74 Å². The highest BCUT2D eigenvalue weighted by atomic mass is 16.5. The van der Waals surface area contributed by atoms with E-state index in [1.54, 1.807) is 10.7 Å². The van der Waals surface area contributed by atoms with Crippen LogP contribution in [-0.4, -0.2) is 46.3 Å². The van der Waals surface area contributed by atoms with Gasteiger partial charge in [0.25, 0.3) is 0 Å². The lowest BCUT2D eigenvalue weighted by molar-refractivity contribution is 0.152. The molecule has 0 spiro atoms. The molecule has 0 saturated carbocycles. The maximum Gasteiger partial charge on any atom is 0.191 e. The summed E-state index contributed by atoms with van der Waals surface area (Å²) in [5.74, 6) is 0.816. The Balaban J connectivity index is 1.59.